The summed E-state index contributed by atoms with van der Waals surface area (Å²) >= 11 is 1.24. The van der Waals surface area contributed by atoms with Crippen LogP contribution in [0, 0.1) is 5.82 Å². The van der Waals surface area contributed by atoms with Gasteiger partial charge in [0.15, 0.2) is 15.6 Å². The summed E-state index contributed by atoms with van der Waals surface area (Å²) in [5, 5.41) is 5.89. The Labute approximate surface area is 222 Å². The van der Waals surface area contributed by atoms with Gasteiger partial charge in [0.1, 0.15) is 5.82 Å². The molecule has 0 aliphatic heterocycles. The standard InChI is InChI=1S/C28H33FN2O4S2/c1-6-37(34,35)17-19-7-12-22(27(33)20-8-10-21(29)11-9-20)24(13-19)25-16-31(5)26(32)14-23(25)18(2)15-28(3,4)36-30/h7-14,16,18H,6,15,17,30H2,1-5H3/t18-/m1/s1. The van der Waals surface area contributed by atoms with Crippen molar-refractivity contribution in [3.05, 3.63) is 93.2 Å². The number of ketones is 1. The van der Waals surface area contributed by atoms with E-state index in [4.69, 9.17) is 5.14 Å². The lowest BCUT2D eigenvalue weighted by Crippen LogP contribution is -2.23. The molecule has 0 fully saturated rings. The third kappa shape index (κ3) is 6.97. The molecule has 0 amide bonds. The van der Waals surface area contributed by atoms with Crippen LogP contribution < -0.4 is 10.7 Å². The number of pyridine rings is 1. The average Bonchev–Trinajstić information content (AvgIpc) is 2.85. The fraction of sp³-hybridized carbons (Fsp3) is 0.357. The van der Waals surface area contributed by atoms with Gasteiger partial charge in [0.05, 0.1) is 5.75 Å². The Morgan fingerprint density at radius 2 is 1.76 bits per heavy atom. The summed E-state index contributed by atoms with van der Waals surface area (Å²) in [7, 11) is -1.70. The van der Waals surface area contributed by atoms with Gasteiger partial charge in [0.25, 0.3) is 5.56 Å². The zero-order valence-electron chi connectivity index (χ0n) is 21.7. The number of rotatable bonds is 10. The van der Waals surface area contributed by atoms with Crippen LogP contribution >= 0.6 is 11.9 Å². The molecule has 2 N–H and O–H groups in total. The van der Waals surface area contributed by atoms with E-state index in [0.29, 0.717) is 34.2 Å². The predicted octanol–water partition coefficient (Wildman–Crippen LogP) is 5.24. The van der Waals surface area contributed by atoms with Crippen molar-refractivity contribution in [3.63, 3.8) is 0 Å². The molecule has 37 heavy (non-hydrogen) atoms. The van der Waals surface area contributed by atoms with Crippen LogP contribution in [-0.2, 0) is 22.6 Å². The van der Waals surface area contributed by atoms with Gasteiger partial charge in [-0.3, -0.25) is 14.7 Å². The van der Waals surface area contributed by atoms with Crippen LogP contribution in [0.15, 0.2) is 59.5 Å². The number of nitrogens with two attached hydrogens (primary N) is 1. The van der Waals surface area contributed by atoms with Crippen molar-refractivity contribution in [1.82, 2.24) is 4.57 Å². The number of aryl methyl sites for hydroxylation is 1. The van der Waals surface area contributed by atoms with Crippen LogP contribution in [0.3, 0.4) is 0 Å². The molecular formula is C28H33FN2O4S2. The van der Waals surface area contributed by atoms with Gasteiger partial charge in [0, 0.05) is 46.5 Å². The molecule has 0 unspecified atom stereocenters. The Hall–Kier alpha value is -2.75. The number of carbonyl (C=O) groups is 1. The molecule has 198 valence electrons. The van der Waals surface area contributed by atoms with Crippen molar-refractivity contribution in [2.45, 2.75) is 50.5 Å². The summed E-state index contributed by atoms with van der Waals surface area (Å²) in [6.45, 7) is 7.64. The summed E-state index contributed by atoms with van der Waals surface area (Å²) in [5.41, 5.74) is 2.91. The van der Waals surface area contributed by atoms with E-state index in [1.54, 1.807) is 44.4 Å². The van der Waals surface area contributed by atoms with Gasteiger partial charge >= 0.3 is 0 Å². The maximum Gasteiger partial charge on any atom is 0.250 e. The largest absolute Gasteiger partial charge is 0.318 e. The number of nitrogens with zero attached hydrogens (tertiary/aromatic N) is 1. The Morgan fingerprint density at radius 3 is 2.35 bits per heavy atom. The molecule has 1 heterocycles. The van der Waals surface area contributed by atoms with E-state index >= 15 is 0 Å². The Morgan fingerprint density at radius 1 is 1.11 bits per heavy atom. The van der Waals surface area contributed by atoms with E-state index in [9.17, 15) is 22.4 Å². The number of benzene rings is 2. The second-order valence-electron chi connectivity index (χ2n) is 9.97. The van der Waals surface area contributed by atoms with Gasteiger partial charge in [-0.05, 0) is 73.2 Å². The third-order valence-corrected chi connectivity index (χ3v) is 8.92. The summed E-state index contributed by atoms with van der Waals surface area (Å²) in [6, 6.07) is 11.8. The van der Waals surface area contributed by atoms with Gasteiger partial charge in [-0.25, -0.2) is 12.8 Å². The van der Waals surface area contributed by atoms with Gasteiger partial charge < -0.3 is 4.57 Å². The molecule has 0 radical (unpaired) electrons. The lowest BCUT2D eigenvalue weighted by Gasteiger charge is -2.27. The fourth-order valence-electron chi connectivity index (χ4n) is 4.39. The number of carbonyl (C=O) groups excluding carboxylic acids is 1. The molecule has 1 aromatic heterocycles. The van der Waals surface area contributed by atoms with Crippen molar-refractivity contribution in [3.8, 4) is 11.1 Å². The molecule has 0 saturated carbocycles. The Kier molecular flexibility index (Phi) is 8.82. The minimum absolute atomic E-state index is 0.00739. The van der Waals surface area contributed by atoms with E-state index in [2.05, 4.69) is 0 Å². The first-order valence-corrected chi connectivity index (χ1v) is 14.7. The maximum atomic E-state index is 13.6. The topological polar surface area (TPSA) is 99.2 Å². The molecular weight excluding hydrogens is 511 g/mol. The van der Waals surface area contributed by atoms with Crippen LogP contribution in [0.1, 0.15) is 67.1 Å². The first kappa shape index (κ1) is 28.8. The highest BCUT2D eigenvalue weighted by molar-refractivity contribution is 7.98. The van der Waals surface area contributed by atoms with E-state index in [-0.39, 0.29) is 33.5 Å². The molecule has 2 aromatic carbocycles. The molecule has 1 atom stereocenters. The smallest absolute Gasteiger partial charge is 0.250 e. The summed E-state index contributed by atoms with van der Waals surface area (Å²) < 4.78 is 39.5. The molecule has 0 aliphatic rings. The zero-order valence-corrected chi connectivity index (χ0v) is 23.4. The molecule has 0 spiro atoms. The van der Waals surface area contributed by atoms with Crippen molar-refractivity contribution < 1.29 is 17.6 Å². The monoisotopic (exact) mass is 544 g/mol. The van der Waals surface area contributed by atoms with E-state index in [1.807, 2.05) is 20.8 Å². The highest BCUT2D eigenvalue weighted by Crippen LogP contribution is 2.38. The lowest BCUT2D eigenvalue weighted by atomic mass is 9.84. The lowest BCUT2D eigenvalue weighted by molar-refractivity contribution is 0.103. The molecule has 0 bridgehead atoms. The van der Waals surface area contributed by atoms with Crippen LogP contribution in [0.2, 0.25) is 0 Å². The van der Waals surface area contributed by atoms with E-state index in [1.165, 1.54) is 40.8 Å². The normalized spacial score (nSPS) is 12.9. The highest BCUT2D eigenvalue weighted by Gasteiger charge is 2.26. The third-order valence-electron chi connectivity index (χ3n) is 6.46. The maximum absolute atomic E-state index is 13.6. The minimum Gasteiger partial charge on any atom is -0.318 e. The van der Waals surface area contributed by atoms with Crippen molar-refractivity contribution in [2.24, 2.45) is 12.2 Å². The van der Waals surface area contributed by atoms with Crippen LogP contribution in [0.4, 0.5) is 4.39 Å². The second kappa shape index (κ2) is 11.3. The van der Waals surface area contributed by atoms with Crippen molar-refractivity contribution >= 4 is 27.6 Å². The van der Waals surface area contributed by atoms with Gasteiger partial charge in [0.2, 0.25) is 0 Å². The minimum atomic E-state index is -3.33. The fourth-order valence-corrected chi connectivity index (χ4v) is 5.63. The molecule has 6 nitrogen and oxygen atoms in total. The van der Waals surface area contributed by atoms with Crippen molar-refractivity contribution in [2.75, 3.05) is 5.75 Å². The summed E-state index contributed by atoms with van der Waals surface area (Å²) in [6.07, 6.45) is 2.35. The van der Waals surface area contributed by atoms with E-state index < -0.39 is 15.7 Å². The first-order chi connectivity index (χ1) is 17.3. The van der Waals surface area contributed by atoms with Gasteiger partial charge in [-0.15, -0.1) is 0 Å². The number of sulfone groups is 1. The molecule has 3 aromatic rings. The molecule has 0 aliphatic carbocycles. The predicted molar refractivity (Wildman–Crippen MR) is 149 cm³/mol. The van der Waals surface area contributed by atoms with Crippen LogP contribution in [0.25, 0.3) is 11.1 Å². The molecule has 0 saturated heterocycles. The van der Waals surface area contributed by atoms with Crippen LogP contribution in [-0.4, -0.2) is 29.3 Å². The number of halogens is 1. The Balaban J connectivity index is 2.28. The van der Waals surface area contributed by atoms with E-state index in [0.717, 1.165) is 5.56 Å². The summed E-state index contributed by atoms with van der Waals surface area (Å²) in [5.74, 6) is -1.05. The van der Waals surface area contributed by atoms with Crippen LogP contribution in [0.5, 0.6) is 0 Å². The molecule has 9 heteroatoms. The quantitative estimate of drug-likeness (QED) is 0.277. The first-order valence-electron chi connectivity index (χ1n) is 12.0. The SMILES string of the molecule is CCS(=O)(=O)Cc1ccc(C(=O)c2ccc(F)cc2)c(-c2cn(C)c(=O)cc2[C@H](C)CC(C)(C)SN)c1. The number of aromatic nitrogens is 1. The van der Waals surface area contributed by atoms with Gasteiger partial charge in [-0.2, -0.15) is 0 Å². The second-order valence-corrected chi connectivity index (χ2v) is 13.7. The zero-order chi connectivity index (χ0) is 27.5. The van der Waals surface area contributed by atoms with Gasteiger partial charge in [-0.1, -0.05) is 37.9 Å². The number of hydrogen-bond donors (Lipinski definition) is 1. The average molecular weight is 545 g/mol. The summed E-state index contributed by atoms with van der Waals surface area (Å²) in [4.78, 5) is 26.3. The Bertz CT molecular complexity index is 1460. The highest BCUT2D eigenvalue weighted by atomic mass is 32.2. The van der Waals surface area contributed by atoms with Crippen molar-refractivity contribution in [1.29, 1.82) is 0 Å². The molecule has 3 rings (SSSR count). The number of hydrogen-bond acceptors (Lipinski definition) is 6.